The van der Waals surface area contributed by atoms with Crippen LogP contribution in [0.25, 0.3) is 11.1 Å². The van der Waals surface area contributed by atoms with Crippen LogP contribution in [0, 0.1) is 5.92 Å². The molecule has 1 aliphatic carbocycles. The van der Waals surface area contributed by atoms with E-state index in [2.05, 4.69) is 22.8 Å². The van der Waals surface area contributed by atoms with Gasteiger partial charge in [0.05, 0.1) is 0 Å². The second kappa shape index (κ2) is 12.4. The number of aliphatic carboxylic acids is 1. The summed E-state index contributed by atoms with van der Waals surface area (Å²) in [6.45, 7) is 4.36. The van der Waals surface area contributed by atoms with Crippen molar-refractivity contribution in [3.63, 3.8) is 0 Å². The lowest BCUT2D eigenvalue weighted by Crippen LogP contribution is -2.46. The molecule has 2 aromatic rings. The normalized spacial score (nSPS) is 14.1. The Morgan fingerprint density at radius 1 is 0.971 bits per heavy atom. The van der Waals surface area contributed by atoms with Crippen LogP contribution in [0.5, 0.6) is 0 Å². The number of carbonyl (C=O) groups excluding carboxylic acids is 2. The zero-order valence-electron chi connectivity index (χ0n) is 20.5. The fourth-order valence-electron chi connectivity index (χ4n) is 4.39. The van der Waals surface area contributed by atoms with Gasteiger partial charge in [-0.3, -0.25) is 4.79 Å². The van der Waals surface area contributed by atoms with Crippen molar-refractivity contribution >= 4 is 18.0 Å². The minimum absolute atomic E-state index is 0.0457. The molecule has 1 aliphatic rings. The summed E-state index contributed by atoms with van der Waals surface area (Å²) >= 11 is 0. The predicted molar refractivity (Wildman–Crippen MR) is 132 cm³/mol. The molecule has 8 heteroatoms. The number of carboxylic acid groups (broad SMARTS) is 1. The number of fused-ring (bicyclic) bond motifs is 3. The Hall–Kier alpha value is -3.39. The van der Waals surface area contributed by atoms with Crippen LogP contribution in [0.2, 0.25) is 0 Å². The van der Waals surface area contributed by atoms with Crippen LogP contribution in [-0.2, 0) is 19.1 Å². The van der Waals surface area contributed by atoms with Crippen LogP contribution in [0.3, 0.4) is 0 Å². The van der Waals surface area contributed by atoms with Crippen molar-refractivity contribution in [2.75, 3.05) is 20.3 Å². The number of carbonyl (C=O) groups is 3. The number of hydrogen-bond acceptors (Lipinski definition) is 5. The Morgan fingerprint density at radius 2 is 1.57 bits per heavy atom. The number of ether oxygens (including phenoxy) is 2. The molecule has 0 radical (unpaired) electrons. The lowest BCUT2D eigenvalue weighted by atomic mass is 9.98. The van der Waals surface area contributed by atoms with Gasteiger partial charge in [0.15, 0.2) is 0 Å². The van der Waals surface area contributed by atoms with Crippen molar-refractivity contribution in [1.29, 1.82) is 0 Å². The summed E-state index contributed by atoms with van der Waals surface area (Å²) in [5.41, 5.74) is 4.53. The van der Waals surface area contributed by atoms with Gasteiger partial charge in [0.25, 0.3) is 0 Å². The summed E-state index contributed by atoms with van der Waals surface area (Å²) < 4.78 is 10.5. The molecule has 188 valence electrons. The van der Waals surface area contributed by atoms with E-state index < -0.39 is 30.1 Å². The highest BCUT2D eigenvalue weighted by Crippen LogP contribution is 2.44. The molecule has 0 fully saturated rings. The van der Waals surface area contributed by atoms with Crippen LogP contribution in [0.4, 0.5) is 4.79 Å². The molecule has 0 heterocycles. The van der Waals surface area contributed by atoms with Crippen molar-refractivity contribution in [1.82, 2.24) is 10.6 Å². The lowest BCUT2D eigenvalue weighted by Gasteiger charge is -2.23. The number of nitrogens with one attached hydrogen (secondary N) is 2. The van der Waals surface area contributed by atoms with E-state index in [1.165, 1.54) is 7.11 Å². The van der Waals surface area contributed by atoms with Crippen molar-refractivity contribution in [3.05, 3.63) is 59.7 Å². The number of hydrogen-bond donors (Lipinski definition) is 3. The van der Waals surface area contributed by atoms with Crippen LogP contribution in [0.1, 0.15) is 50.2 Å². The number of amides is 2. The molecule has 0 saturated carbocycles. The number of alkyl carbamates (subject to hydrolysis) is 1. The molecule has 3 rings (SSSR count). The largest absolute Gasteiger partial charge is 0.480 e. The quantitative estimate of drug-likeness (QED) is 0.395. The van der Waals surface area contributed by atoms with Gasteiger partial charge < -0.3 is 25.2 Å². The third-order valence-electron chi connectivity index (χ3n) is 6.33. The smallest absolute Gasteiger partial charge is 0.407 e. The summed E-state index contributed by atoms with van der Waals surface area (Å²) in [4.78, 5) is 36.7. The highest BCUT2D eigenvalue weighted by atomic mass is 16.5. The second-order valence-electron chi connectivity index (χ2n) is 9.12. The molecule has 2 aromatic carbocycles. The molecule has 2 amide bonds. The minimum atomic E-state index is -1.10. The Bertz CT molecular complexity index is 992. The van der Waals surface area contributed by atoms with Crippen LogP contribution < -0.4 is 10.6 Å². The maximum absolute atomic E-state index is 12.7. The van der Waals surface area contributed by atoms with Gasteiger partial charge in [-0.15, -0.1) is 0 Å². The fraction of sp³-hybridized carbons (Fsp3) is 0.444. The molecule has 2 unspecified atom stereocenters. The topological polar surface area (TPSA) is 114 Å². The highest BCUT2D eigenvalue weighted by Gasteiger charge is 2.30. The van der Waals surface area contributed by atoms with Crippen molar-refractivity contribution in [2.45, 2.75) is 51.1 Å². The van der Waals surface area contributed by atoms with Gasteiger partial charge in [-0.05, 0) is 41.0 Å². The Morgan fingerprint density at radius 3 is 2.11 bits per heavy atom. The summed E-state index contributed by atoms with van der Waals surface area (Å²) in [7, 11) is 1.54. The van der Waals surface area contributed by atoms with Crippen LogP contribution >= 0.6 is 0 Å². The summed E-state index contributed by atoms with van der Waals surface area (Å²) in [5, 5.41) is 14.7. The second-order valence-corrected chi connectivity index (χ2v) is 9.12. The first-order valence-corrected chi connectivity index (χ1v) is 11.9. The number of benzene rings is 2. The fourth-order valence-corrected chi connectivity index (χ4v) is 4.39. The van der Waals surface area contributed by atoms with E-state index in [9.17, 15) is 19.5 Å². The average Bonchev–Trinajstić information content (AvgIpc) is 3.15. The molecule has 0 aliphatic heterocycles. The standard InChI is InChI=1S/C27H34N2O6/c1-17(2)24(15-25(30)28-23(26(31)32)13-8-14-34-3)29-27(33)35-16-22-20-11-6-4-9-18(20)19-10-5-7-12-21(19)22/h4-7,9-12,17,22-24H,8,13-16H2,1-3H3,(H,28,30)(H,29,33)(H,31,32). The molecule has 0 spiro atoms. The molecular formula is C27H34N2O6. The average molecular weight is 483 g/mol. The van der Waals surface area contributed by atoms with E-state index in [1.54, 1.807) is 0 Å². The summed E-state index contributed by atoms with van der Waals surface area (Å²) in [5.74, 6) is -1.65. The molecule has 35 heavy (non-hydrogen) atoms. The van der Waals surface area contributed by atoms with Crippen molar-refractivity contribution < 1.29 is 29.0 Å². The Kier molecular flexibility index (Phi) is 9.25. The van der Waals surface area contributed by atoms with Gasteiger partial charge in [0.1, 0.15) is 12.6 Å². The molecule has 8 nitrogen and oxygen atoms in total. The van der Waals surface area contributed by atoms with Gasteiger partial charge in [-0.1, -0.05) is 62.4 Å². The molecule has 0 bridgehead atoms. The van der Waals surface area contributed by atoms with Crippen molar-refractivity contribution in [3.8, 4) is 11.1 Å². The number of rotatable bonds is 12. The molecule has 0 aromatic heterocycles. The van der Waals surface area contributed by atoms with E-state index in [0.717, 1.165) is 22.3 Å². The molecule has 3 N–H and O–H groups in total. The maximum atomic E-state index is 12.7. The van der Waals surface area contributed by atoms with Gasteiger partial charge in [-0.25, -0.2) is 9.59 Å². The Labute approximate surface area is 206 Å². The van der Waals surface area contributed by atoms with Gasteiger partial charge in [0.2, 0.25) is 5.91 Å². The first-order chi connectivity index (χ1) is 16.8. The lowest BCUT2D eigenvalue weighted by molar-refractivity contribution is -0.142. The maximum Gasteiger partial charge on any atom is 0.407 e. The van der Waals surface area contributed by atoms with E-state index in [1.807, 2.05) is 50.2 Å². The van der Waals surface area contributed by atoms with Crippen molar-refractivity contribution in [2.24, 2.45) is 5.92 Å². The zero-order chi connectivity index (χ0) is 25.4. The van der Waals surface area contributed by atoms with Gasteiger partial charge in [-0.2, -0.15) is 0 Å². The van der Waals surface area contributed by atoms with Crippen LogP contribution in [-0.4, -0.2) is 55.5 Å². The SMILES string of the molecule is COCCCC(NC(=O)CC(NC(=O)OCC1c2ccccc2-c2ccccc21)C(C)C)C(=O)O. The number of carboxylic acids is 1. The zero-order valence-corrected chi connectivity index (χ0v) is 20.5. The highest BCUT2D eigenvalue weighted by molar-refractivity contribution is 5.84. The number of methoxy groups -OCH3 is 1. The molecular weight excluding hydrogens is 448 g/mol. The van der Waals surface area contributed by atoms with Gasteiger partial charge >= 0.3 is 12.1 Å². The Balaban J connectivity index is 1.57. The monoisotopic (exact) mass is 482 g/mol. The van der Waals surface area contributed by atoms with E-state index in [-0.39, 0.29) is 31.3 Å². The van der Waals surface area contributed by atoms with Crippen LogP contribution in [0.15, 0.2) is 48.5 Å². The summed E-state index contributed by atoms with van der Waals surface area (Å²) in [6, 6.07) is 14.7. The molecule has 2 atom stereocenters. The third kappa shape index (κ3) is 6.82. The molecule has 0 saturated heterocycles. The van der Waals surface area contributed by atoms with Gasteiger partial charge in [0, 0.05) is 32.1 Å². The first-order valence-electron chi connectivity index (χ1n) is 11.9. The summed E-state index contributed by atoms with van der Waals surface area (Å²) in [6.07, 6.45) is 0.129. The minimum Gasteiger partial charge on any atom is -0.480 e. The van der Waals surface area contributed by atoms with E-state index in [4.69, 9.17) is 9.47 Å². The first kappa shape index (κ1) is 26.2. The van der Waals surface area contributed by atoms with E-state index >= 15 is 0 Å². The van der Waals surface area contributed by atoms with E-state index in [0.29, 0.717) is 13.0 Å². The predicted octanol–water partition coefficient (Wildman–Crippen LogP) is 3.94. The third-order valence-corrected chi connectivity index (χ3v) is 6.33.